The largest absolute Gasteiger partial charge is 0.428 e. The molecule has 178 valence electrons. The highest BCUT2D eigenvalue weighted by Gasteiger charge is 2.35. The molecule has 0 fully saturated rings. The maximum absolute atomic E-state index is 11.6. The molecule has 2 rings (SSSR count). The van der Waals surface area contributed by atoms with Gasteiger partial charge in [0, 0.05) is 25.9 Å². The molecular weight excluding hydrogens is 404 g/mol. The predicted octanol–water partition coefficient (Wildman–Crippen LogP) is 6.33. The molecule has 0 saturated heterocycles. The van der Waals surface area contributed by atoms with Crippen LogP contribution < -0.4 is 0 Å². The van der Waals surface area contributed by atoms with Crippen LogP contribution in [-0.4, -0.2) is 38.9 Å². The maximum Gasteiger partial charge on any atom is 0.333 e. The summed E-state index contributed by atoms with van der Waals surface area (Å²) in [6.45, 7) is 8.73. The molecule has 0 radical (unpaired) electrons. The van der Waals surface area contributed by atoms with E-state index in [1.54, 1.807) is 7.11 Å². The zero-order chi connectivity index (χ0) is 23.5. The van der Waals surface area contributed by atoms with Gasteiger partial charge in [0.05, 0.1) is 6.10 Å². The number of rotatable bonds is 12. The molecule has 0 aromatic carbocycles. The Morgan fingerprint density at radius 1 is 0.969 bits per heavy atom. The molecule has 0 spiro atoms. The summed E-state index contributed by atoms with van der Waals surface area (Å²) < 4.78 is 22.0. The number of ether oxygens (including phenoxy) is 4. The predicted molar refractivity (Wildman–Crippen MR) is 128 cm³/mol. The first-order chi connectivity index (χ1) is 15.3. The lowest BCUT2D eigenvalue weighted by Crippen LogP contribution is -2.33. The summed E-state index contributed by atoms with van der Waals surface area (Å²) in [6.07, 6.45) is 16.2. The van der Waals surface area contributed by atoms with Gasteiger partial charge in [0.1, 0.15) is 0 Å². The van der Waals surface area contributed by atoms with Crippen molar-refractivity contribution < 1.29 is 23.7 Å². The van der Waals surface area contributed by atoms with Crippen molar-refractivity contribution in [2.24, 2.45) is 0 Å². The molecular formula is C27H40O5. The van der Waals surface area contributed by atoms with E-state index < -0.39 is 18.5 Å². The molecule has 0 saturated carbocycles. The molecule has 3 atom stereocenters. The Balaban J connectivity index is 1.80. The van der Waals surface area contributed by atoms with E-state index in [1.165, 1.54) is 29.9 Å². The van der Waals surface area contributed by atoms with Gasteiger partial charge in [0.15, 0.2) is 6.29 Å². The van der Waals surface area contributed by atoms with Crippen molar-refractivity contribution in [3.05, 3.63) is 58.2 Å². The number of methoxy groups -OCH3 is 2. The normalized spacial score (nSPS) is 24.2. The van der Waals surface area contributed by atoms with Crippen LogP contribution in [0.5, 0.6) is 0 Å². The van der Waals surface area contributed by atoms with Crippen LogP contribution in [-0.2, 0) is 23.7 Å². The Hall–Kier alpha value is -1.95. The summed E-state index contributed by atoms with van der Waals surface area (Å²) >= 11 is 0. The van der Waals surface area contributed by atoms with Gasteiger partial charge in [-0.25, -0.2) is 4.79 Å². The summed E-state index contributed by atoms with van der Waals surface area (Å²) in [5.41, 5.74) is 6.13. The fourth-order valence-electron chi connectivity index (χ4n) is 3.95. The highest BCUT2D eigenvalue weighted by Crippen LogP contribution is 2.31. The zero-order valence-corrected chi connectivity index (χ0v) is 20.6. The van der Waals surface area contributed by atoms with Crippen molar-refractivity contribution in [3.63, 3.8) is 0 Å². The monoisotopic (exact) mass is 444 g/mol. The van der Waals surface area contributed by atoms with Gasteiger partial charge >= 0.3 is 5.97 Å². The van der Waals surface area contributed by atoms with E-state index in [0.717, 1.165) is 49.7 Å². The Bertz CT molecular complexity index is 780. The molecule has 0 unspecified atom stereocenters. The Labute approximate surface area is 193 Å². The topological polar surface area (TPSA) is 54.0 Å². The second-order valence-corrected chi connectivity index (χ2v) is 8.85. The third-order valence-electron chi connectivity index (χ3n) is 5.81. The van der Waals surface area contributed by atoms with Crippen LogP contribution in [0.1, 0.15) is 72.6 Å². The summed E-state index contributed by atoms with van der Waals surface area (Å²) in [6, 6.07) is 0. The lowest BCUT2D eigenvalue weighted by atomic mass is 9.98. The van der Waals surface area contributed by atoms with Crippen molar-refractivity contribution in [2.75, 3.05) is 14.2 Å². The SMILES string of the molecule is CO[C@@H]1O[C@@H](C2=CC(=O)O[C@@H]2OC)CC=C1CC/C=C(\C)CC/C=C(\C)CCC=C(C)C. The number of allylic oxidation sites excluding steroid dienone is 6. The smallest absolute Gasteiger partial charge is 0.333 e. The van der Waals surface area contributed by atoms with Gasteiger partial charge in [-0.15, -0.1) is 0 Å². The molecule has 0 N–H and O–H groups in total. The summed E-state index contributed by atoms with van der Waals surface area (Å²) in [7, 11) is 3.16. The van der Waals surface area contributed by atoms with Gasteiger partial charge in [-0.05, 0) is 78.2 Å². The Morgan fingerprint density at radius 3 is 2.22 bits per heavy atom. The van der Waals surface area contributed by atoms with Crippen molar-refractivity contribution in [2.45, 2.75) is 91.3 Å². The third kappa shape index (κ3) is 8.53. The Kier molecular flexibility index (Phi) is 11.1. The van der Waals surface area contributed by atoms with Gasteiger partial charge in [0.2, 0.25) is 6.29 Å². The van der Waals surface area contributed by atoms with Gasteiger partial charge < -0.3 is 18.9 Å². The first-order valence-corrected chi connectivity index (χ1v) is 11.6. The van der Waals surface area contributed by atoms with E-state index in [4.69, 9.17) is 18.9 Å². The second-order valence-electron chi connectivity index (χ2n) is 8.85. The summed E-state index contributed by atoms with van der Waals surface area (Å²) in [5, 5.41) is 0. The van der Waals surface area contributed by atoms with Crippen LogP contribution >= 0.6 is 0 Å². The van der Waals surface area contributed by atoms with Crippen molar-refractivity contribution in [3.8, 4) is 0 Å². The highest BCUT2D eigenvalue weighted by atomic mass is 16.7. The van der Waals surface area contributed by atoms with Crippen LogP contribution in [0, 0.1) is 0 Å². The number of esters is 1. The van der Waals surface area contributed by atoms with Crippen LogP contribution in [0.2, 0.25) is 0 Å². The van der Waals surface area contributed by atoms with E-state index in [9.17, 15) is 4.79 Å². The molecule has 0 aliphatic carbocycles. The minimum absolute atomic E-state index is 0.274. The average Bonchev–Trinajstić information content (AvgIpc) is 3.14. The zero-order valence-electron chi connectivity index (χ0n) is 20.6. The number of carbonyl (C=O) groups excluding carboxylic acids is 1. The standard InChI is InChI=1S/C27H40O5/c1-19(2)10-7-11-20(3)12-8-13-21(4)14-9-15-22-16-17-24(31-26(22)29-5)23-18-25(28)32-27(23)30-6/h10,12,14,16,18,24,26-27H,7-9,11,13,15,17H2,1-6H3/b20-12+,21-14+/t24-,26-,27+/m1/s1. The van der Waals surface area contributed by atoms with Crippen LogP contribution in [0.25, 0.3) is 0 Å². The van der Waals surface area contributed by atoms with E-state index >= 15 is 0 Å². The van der Waals surface area contributed by atoms with Crippen molar-refractivity contribution in [1.29, 1.82) is 0 Å². The molecule has 5 nitrogen and oxygen atoms in total. The first kappa shape index (κ1) is 26.3. The van der Waals surface area contributed by atoms with Gasteiger partial charge in [-0.1, -0.05) is 41.0 Å². The fourth-order valence-corrected chi connectivity index (χ4v) is 3.95. The number of carbonyl (C=O) groups is 1. The van der Waals surface area contributed by atoms with Gasteiger partial charge in [0.25, 0.3) is 0 Å². The lowest BCUT2D eigenvalue weighted by Gasteiger charge is -2.31. The third-order valence-corrected chi connectivity index (χ3v) is 5.81. The quantitative estimate of drug-likeness (QED) is 0.260. The lowest BCUT2D eigenvalue weighted by molar-refractivity contribution is -0.162. The molecule has 0 aromatic rings. The van der Waals surface area contributed by atoms with Gasteiger partial charge in [-0.3, -0.25) is 0 Å². The van der Waals surface area contributed by atoms with Crippen LogP contribution in [0.3, 0.4) is 0 Å². The molecule has 32 heavy (non-hydrogen) atoms. The molecule has 2 aliphatic rings. The maximum atomic E-state index is 11.6. The highest BCUT2D eigenvalue weighted by molar-refractivity contribution is 5.85. The molecule has 0 amide bonds. The summed E-state index contributed by atoms with van der Waals surface area (Å²) in [4.78, 5) is 11.6. The van der Waals surface area contributed by atoms with Crippen molar-refractivity contribution >= 4 is 5.97 Å². The van der Waals surface area contributed by atoms with Crippen molar-refractivity contribution in [1.82, 2.24) is 0 Å². The van der Waals surface area contributed by atoms with Crippen LogP contribution in [0.4, 0.5) is 0 Å². The Morgan fingerprint density at radius 2 is 1.59 bits per heavy atom. The van der Waals surface area contributed by atoms with Crippen LogP contribution in [0.15, 0.2) is 58.2 Å². The van der Waals surface area contributed by atoms with E-state index in [1.807, 2.05) is 0 Å². The average molecular weight is 445 g/mol. The first-order valence-electron chi connectivity index (χ1n) is 11.6. The minimum Gasteiger partial charge on any atom is -0.428 e. The molecule has 0 bridgehead atoms. The molecule has 5 heteroatoms. The van der Waals surface area contributed by atoms with E-state index in [-0.39, 0.29) is 6.10 Å². The molecule has 0 aromatic heterocycles. The number of cyclic esters (lactones) is 1. The molecule has 2 heterocycles. The second kappa shape index (κ2) is 13.6. The fraction of sp³-hybridized carbons (Fsp3) is 0.593. The number of hydrogen-bond acceptors (Lipinski definition) is 5. The number of hydrogen-bond donors (Lipinski definition) is 0. The summed E-state index contributed by atoms with van der Waals surface area (Å²) in [5.74, 6) is -0.391. The van der Waals surface area contributed by atoms with E-state index in [0.29, 0.717) is 6.42 Å². The minimum atomic E-state index is -0.671. The molecule has 2 aliphatic heterocycles. The van der Waals surface area contributed by atoms with Gasteiger partial charge in [-0.2, -0.15) is 0 Å². The van der Waals surface area contributed by atoms with E-state index in [2.05, 4.69) is 52.0 Å².